The third-order valence-electron chi connectivity index (χ3n) is 3.16. The van der Waals surface area contributed by atoms with Gasteiger partial charge in [0.05, 0.1) is 25.9 Å². The zero-order valence-corrected chi connectivity index (χ0v) is 16.1. The smallest absolute Gasteiger partial charge is 0.320 e. The Bertz CT molecular complexity index is 340. The second-order valence-corrected chi connectivity index (χ2v) is 6.23. The summed E-state index contributed by atoms with van der Waals surface area (Å²) in [5, 5.41) is 11.2. The van der Waals surface area contributed by atoms with Gasteiger partial charge in [0, 0.05) is 6.04 Å². The van der Waals surface area contributed by atoms with Crippen LogP contribution in [-0.2, 0) is 19.1 Å². The van der Waals surface area contributed by atoms with Gasteiger partial charge in [-0.1, -0.05) is 27.7 Å². The molecule has 2 atom stereocenters. The van der Waals surface area contributed by atoms with Crippen molar-refractivity contribution in [3.63, 3.8) is 0 Å². The number of esters is 1. The minimum absolute atomic E-state index is 0.00458. The molecule has 0 aromatic rings. The number of aliphatic hydroxyl groups excluding tert-OH is 1. The molecule has 1 aliphatic rings. The van der Waals surface area contributed by atoms with Crippen LogP contribution < -0.4 is 11.1 Å². The highest BCUT2D eigenvalue weighted by atomic mass is 35.5. The molecule has 144 valence electrons. The molecule has 0 saturated carbocycles. The number of amides is 1. The third kappa shape index (κ3) is 14.7. The number of aliphatic hydroxyl groups is 1. The molecule has 1 rings (SSSR count). The van der Waals surface area contributed by atoms with Crippen molar-refractivity contribution in [2.24, 2.45) is 17.6 Å². The van der Waals surface area contributed by atoms with Gasteiger partial charge in [0.15, 0.2) is 0 Å². The van der Waals surface area contributed by atoms with Crippen LogP contribution in [0.2, 0.25) is 0 Å². The van der Waals surface area contributed by atoms with Crippen molar-refractivity contribution in [3.8, 4) is 0 Å². The van der Waals surface area contributed by atoms with Gasteiger partial charge in [0.1, 0.15) is 12.5 Å². The largest absolute Gasteiger partial charge is 0.465 e. The molecule has 0 spiro atoms. The first kappa shape index (κ1) is 25.4. The summed E-state index contributed by atoms with van der Waals surface area (Å²) in [7, 11) is 0. The number of hydrogen-bond donors (Lipinski definition) is 3. The van der Waals surface area contributed by atoms with Crippen LogP contribution in [0.4, 0.5) is 0 Å². The Hall–Kier alpha value is -0.890. The van der Waals surface area contributed by atoms with Gasteiger partial charge < -0.3 is 25.6 Å². The van der Waals surface area contributed by atoms with E-state index < -0.39 is 0 Å². The summed E-state index contributed by atoms with van der Waals surface area (Å²) in [4.78, 5) is 20.8. The van der Waals surface area contributed by atoms with E-state index in [2.05, 4.69) is 23.9 Å². The molecule has 0 radical (unpaired) electrons. The van der Waals surface area contributed by atoms with Crippen LogP contribution in [0.5, 0.6) is 0 Å². The van der Waals surface area contributed by atoms with Gasteiger partial charge in [0.2, 0.25) is 5.91 Å². The fourth-order valence-corrected chi connectivity index (χ4v) is 1.42. The van der Waals surface area contributed by atoms with Crippen molar-refractivity contribution in [2.75, 3.05) is 32.3 Å². The maximum atomic E-state index is 10.7. The molecular formula is C16H33ClN2O5. The SMILES string of the molecule is CC(C)[C@H](N)CO.CC(C)[C@H]1COCC(=O)N1.CCOC(=O)CCl. The van der Waals surface area contributed by atoms with Crippen LogP contribution in [0.1, 0.15) is 34.6 Å². The number of alkyl halides is 1. The van der Waals surface area contributed by atoms with Gasteiger partial charge in [-0.05, 0) is 18.8 Å². The summed E-state index contributed by atoms with van der Waals surface area (Å²) in [6.45, 7) is 11.2. The number of ether oxygens (including phenoxy) is 2. The molecule has 8 heteroatoms. The Kier molecular flexibility index (Phi) is 16.5. The normalized spacial score (nSPS) is 17.9. The molecule has 0 unspecified atom stereocenters. The summed E-state index contributed by atoms with van der Waals surface area (Å²) >= 11 is 5.06. The highest BCUT2D eigenvalue weighted by Gasteiger charge is 2.20. The molecule has 4 N–H and O–H groups in total. The van der Waals surface area contributed by atoms with E-state index in [0.717, 1.165) is 0 Å². The van der Waals surface area contributed by atoms with E-state index in [1.807, 2.05) is 13.8 Å². The van der Waals surface area contributed by atoms with E-state index in [9.17, 15) is 9.59 Å². The second kappa shape index (κ2) is 15.6. The van der Waals surface area contributed by atoms with Crippen molar-refractivity contribution < 1.29 is 24.2 Å². The minimum Gasteiger partial charge on any atom is -0.465 e. The van der Waals surface area contributed by atoms with Gasteiger partial charge in [0.25, 0.3) is 0 Å². The summed E-state index contributed by atoms with van der Waals surface area (Å²) in [5.74, 6) is 0.455. The number of nitrogens with two attached hydrogens (primary N) is 1. The molecule has 7 nitrogen and oxygen atoms in total. The molecule has 1 aliphatic heterocycles. The Morgan fingerprint density at radius 2 is 2.04 bits per heavy atom. The summed E-state index contributed by atoms with van der Waals surface area (Å²) < 4.78 is 9.46. The predicted octanol–water partition coefficient (Wildman–Crippen LogP) is 0.908. The predicted molar refractivity (Wildman–Crippen MR) is 94.8 cm³/mol. The van der Waals surface area contributed by atoms with Gasteiger partial charge in [-0.2, -0.15) is 0 Å². The molecule has 1 fully saturated rings. The number of nitrogens with one attached hydrogen (secondary N) is 1. The number of morpholine rings is 1. The van der Waals surface area contributed by atoms with E-state index >= 15 is 0 Å². The number of carbonyl (C=O) groups is 2. The van der Waals surface area contributed by atoms with Gasteiger partial charge in [-0.25, -0.2) is 0 Å². The van der Waals surface area contributed by atoms with Gasteiger partial charge in [-0.15, -0.1) is 11.6 Å². The van der Waals surface area contributed by atoms with E-state index in [1.54, 1.807) is 6.92 Å². The Morgan fingerprint density at radius 1 is 1.46 bits per heavy atom. The highest BCUT2D eigenvalue weighted by Crippen LogP contribution is 2.04. The Balaban J connectivity index is 0. The molecular weight excluding hydrogens is 336 g/mol. The number of hydrogen-bond acceptors (Lipinski definition) is 6. The van der Waals surface area contributed by atoms with Crippen molar-refractivity contribution in [2.45, 2.75) is 46.7 Å². The number of rotatable bonds is 5. The molecule has 0 aromatic carbocycles. The molecule has 0 bridgehead atoms. The van der Waals surface area contributed by atoms with Gasteiger partial charge in [-0.3, -0.25) is 9.59 Å². The van der Waals surface area contributed by atoms with Gasteiger partial charge >= 0.3 is 5.97 Å². The van der Waals surface area contributed by atoms with Crippen LogP contribution in [-0.4, -0.2) is 61.4 Å². The monoisotopic (exact) mass is 368 g/mol. The fraction of sp³-hybridized carbons (Fsp3) is 0.875. The van der Waals surface area contributed by atoms with E-state index in [4.69, 9.17) is 27.2 Å². The van der Waals surface area contributed by atoms with Crippen LogP contribution >= 0.6 is 11.6 Å². The maximum Gasteiger partial charge on any atom is 0.320 e. The fourth-order valence-electron chi connectivity index (χ4n) is 1.34. The van der Waals surface area contributed by atoms with Crippen LogP contribution in [0, 0.1) is 11.8 Å². The second-order valence-electron chi connectivity index (χ2n) is 5.96. The lowest BCUT2D eigenvalue weighted by Crippen LogP contribution is -2.48. The number of carbonyl (C=O) groups excluding carboxylic acids is 2. The first-order valence-electron chi connectivity index (χ1n) is 8.14. The summed E-state index contributed by atoms with van der Waals surface area (Å²) in [6, 6.07) is 0.168. The van der Waals surface area contributed by atoms with Crippen LogP contribution in [0.3, 0.4) is 0 Å². The average Bonchev–Trinajstić information content (AvgIpc) is 2.55. The van der Waals surface area contributed by atoms with E-state index in [-0.39, 0.29) is 43.1 Å². The van der Waals surface area contributed by atoms with E-state index in [0.29, 0.717) is 25.0 Å². The molecule has 1 amide bonds. The molecule has 1 saturated heterocycles. The zero-order chi connectivity index (χ0) is 19.1. The third-order valence-corrected chi connectivity index (χ3v) is 3.38. The molecule has 1 heterocycles. The zero-order valence-electron chi connectivity index (χ0n) is 15.4. The molecule has 0 aliphatic carbocycles. The van der Waals surface area contributed by atoms with Crippen molar-refractivity contribution in [1.82, 2.24) is 5.32 Å². The Morgan fingerprint density at radius 3 is 2.25 bits per heavy atom. The lowest BCUT2D eigenvalue weighted by atomic mass is 10.0. The van der Waals surface area contributed by atoms with E-state index in [1.165, 1.54) is 0 Å². The average molecular weight is 369 g/mol. The number of halogens is 1. The van der Waals surface area contributed by atoms with Crippen LogP contribution in [0.15, 0.2) is 0 Å². The quantitative estimate of drug-likeness (QED) is 0.491. The summed E-state index contributed by atoms with van der Waals surface area (Å²) in [6.07, 6.45) is 0. The van der Waals surface area contributed by atoms with Crippen LogP contribution in [0.25, 0.3) is 0 Å². The lowest BCUT2D eigenvalue weighted by molar-refractivity contribution is -0.140. The van der Waals surface area contributed by atoms with Crippen molar-refractivity contribution >= 4 is 23.5 Å². The topological polar surface area (TPSA) is 111 Å². The van der Waals surface area contributed by atoms with Crippen molar-refractivity contribution in [3.05, 3.63) is 0 Å². The lowest BCUT2D eigenvalue weighted by Gasteiger charge is -2.26. The first-order chi connectivity index (χ1) is 11.2. The first-order valence-corrected chi connectivity index (χ1v) is 8.68. The molecule has 0 aromatic heterocycles. The standard InChI is InChI=1S/C7H13NO2.C5H13NO.C4H7ClO2/c1-5(2)6-3-10-4-7(9)8-6;1-4(2)5(6)3-7;1-2-7-4(6)3-5/h5-6H,3-4H2,1-2H3,(H,8,9);4-5,7H,3,6H2,1-2H3;2-3H2,1H3/t6-;5-;/m11./s1. The minimum atomic E-state index is -0.357. The summed E-state index contributed by atoms with van der Waals surface area (Å²) in [5.41, 5.74) is 5.37. The maximum absolute atomic E-state index is 10.7. The highest BCUT2D eigenvalue weighted by molar-refractivity contribution is 6.26. The van der Waals surface area contributed by atoms with Crippen molar-refractivity contribution in [1.29, 1.82) is 0 Å². The Labute approximate surface area is 150 Å². The molecule has 24 heavy (non-hydrogen) atoms.